The third-order valence-corrected chi connectivity index (χ3v) is 4.79. The second kappa shape index (κ2) is 9.48. The van der Waals surface area contributed by atoms with E-state index in [1.807, 2.05) is 6.92 Å². The topological polar surface area (TPSA) is 86.3 Å². The summed E-state index contributed by atoms with van der Waals surface area (Å²) in [4.78, 5) is 27.0. The van der Waals surface area contributed by atoms with Gasteiger partial charge in [-0.15, -0.1) is 0 Å². The van der Waals surface area contributed by atoms with E-state index >= 15 is 0 Å². The Bertz CT molecular complexity index is 1020. The van der Waals surface area contributed by atoms with Crippen LogP contribution in [0.1, 0.15) is 12.5 Å². The van der Waals surface area contributed by atoms with Crippen molar-refractivity contribution >= 4 is 40.9 Å². The van der Waals surface area contributed by atoms with Crippen LogP contribution in [0.4, 0.5) is 5.69 Å². The Labute approximate surface area is 185 Å². The first-order chi connectivity index (χ1) is 14.9. The number of benzene rings is 2. The predicted octanol–water partition coefficient (Wildman–Crippen LogP) is 2.94. The van der Waals surface area contributed by atoms with Gasteiger partial charge in [-0.1, -0.05) is 0 Å². The summed E-state index contributed by atoms with van der Waals surface area (Å²) >= 11 is 5.23. The fourth-order valence-electron chi connectivity index (χ4n) is 3.10. The Morgan fingerprint density at radius 1 is 1.00 bits per heavy atom. The monoisotopic (exact) mass is 442 g/mol. The van der Waals surface area contributed by atoms with Crippen LogP contribution in [0.2, 0.25) is 0 Å². The van der Waals surface area contributed by atoms with Crippen LogP contribution in [-0.4, -0.2) is 44.9 Å². The van der Waals surface area contributed by atoms with Crippen molar-refractivity contribution in [3.05, 3.63) is 47.5 Å². The van der Waals surface area contributed by atoms with Gasteiger partial charge in [0.15, 0.2) is 16.6 Å². The second-order valence-electron chi connectivity index (χ2n) is 6.34. The van der Waals surface area contributed by atoms with Crippen molar-refractivity contribution in [3.8, 4) is 23.0 Å². The minimum atomic E-state index is -0.592. The highest BCUT2D eigenvalue weighted by Crippen LogP contribution is 2.39. The molecule has 1 saturated heterocycles. The summed E-state index contributed by atoms with van der Waals surface area (Å²) in [5, 5.41) is 2.56. The van der Waals surface area contributed by atoms with Gasteiger partial charge in [-0.2, -0.15) is 0 Å². The fourth-order valence-corrected chi connectivity index (χ4v) is 3.38. The van der Waals surface area contributed by atoms with E-state index < -0.39 is 11.8 Å². The lowest BCUT2D eigenvalue weighted by molar-refractivity contribution is -0.122. The maximum atomic E-state index is 13.2. The number of hydrogen-bond donors (Lipinski definition) is 1. The predicted molar refractivity (Wildman–Crippen MR) is 120 cm³/mol. The van der Waals surface area contributed by atoms with Crippen LogP contribution < -0.4 is 29.2 Å². The van der Waals surface area contributed by atoms with Crippen molar-refractivity contribution in [2.45, 2.75) is 6.92 Å². The van der Waals surface area contributed by atoms with Gasteiger partial charge in [0.05, 0.1) is 33.6 Å². The van der Waals surface area contributed by atoms with Gasteiger partial charge in [0.25, 0.3) is 11.8 Å². The summed E-state index contributed by atoms with van der Waals surface area (Å²) in [5.41, 5.74) is 0.943. The number of anilines is 1. The SMILES string of the molecule is CCOc1ccc(N2C(=O)/C(=C/c3cc(OC)c(OC)c(OC)c3)C(=O)NC2=S)cc1. The highest BCUT2D eigenvalue weighted by Gasteiger charge is 2.34. The van der Waals surface area contributed by atoms with Crippen LogP contribution in [0.15, 0.2) is 42.0 Å². The molecule has 2 amide bonds. The molecule has 0 bridgehead atoms. The van der Waals surface area contributed by atoms with Crippen molar-refractivity contribution in [1.29, 1.82) is 0 Å². The van der Waals surface area contributed by atoms with E-state index in [4.69, 9.17) is 31.2 Å². The van der Waals surface area contributed by atoms with Crippen LogP contribution >= 0.6 is 12.2 Å². The van der Waals surface area contributed by atoms with Crippen molar-refractivity contribution in [1.82, 2.24) is 5.32 Å². The average molecular weight is 442 g/mol. The van der Waals surface area contributed by atoms with Crippen LogP contribution in [0.5, 0.6) is 23.0 Å². The summed E-state index contributed by atoms with van der Waals surface area (Å²) in [6.45, 7) is 2.41. The Hall–Kier alpha value is -3.59. The molecule has 1 fully saturated rings. The van der Waals surface area contributed by atoms with E-state index in [0.29, 0.717) is 40.9 Å². The first-order valence-electron chi connectivity index (χ1n) is 9.37. The molecule has 9 heteroatoms. The summed E-state index contributed by atoms with van der Waals surface area (Å²) in [6, 6.07) is 10.1. The molecule has 0 spiro atoms. The zero-order valence-electron chi connectivity index (χ0n) is 17.6. The van der Waals surface area contributed by atoms with Crippen LogP contribution in [-0.2, 0) is 9.59 Å². The summed E-state index contributed by atoms with van der Waals surface area (Å²) in [5.74, 6) is 0.729. The molecule has 2 aromatic rings. The molecular weight excluding hydrogens is 420 g/mol. The number of carbonyl (C=O) groups excluding carboxylic acids is 2. The quantitative estimate of drug-likeness (QED) is 0.401. The van der Waals surface area contributed by atoms with Gasteiger partial charge < -0.3 is 18.9 Å². The van der Waals surface area contributed by atoms with Crippen LogP contribution in [0.3, 0.4) is 0 Å². The van der Waals surface area contributed by atoms with Gasteiger partial charge in [-0.25, -0.2) is 0 Å². The largest absolute Gasteiger partial charge is 0.494 e. The van der Waals surface area contributed by atoms with E-state index in [-0.39, 0.29) is 10.7 Å². The van der Waals surface area contributed by atoms with Crippen molar-refractivity contribution in [2.24, 2.45) is 0 Å². The lowest BCUT2D eigenvalue weighted by Crippen LogP contribution is -2.54. The van der Waals surface area contributed by atoms with E-state index in [9.17, 15) is 9.59 Å². The highest BCUT2D eigenvalue weighted by molar-refractivity contribution is 7.80. The molecule has 0 atom stereocenters. The zero-order valence-corrected chi connectivity index (χ0v) is 18.4. The summed E-state index contributed by atoms with van der Waals surface area (Å²) in [6.07, 6.45) is 1.45. The Morgan fingerprint density at radius 3 is 2.13 bits per heavy atom. The molecule has 0 saturated carbocycles. The molecule has 2 aromatic carbocycles. The van der Waals surface area contributed by atoms with Gasteiger partial charge >= 0.3 is 0 Å². The van der Waals surface area contributed by atoms with Gasteiger partial charge in [0.2, 0.25) is 5.75 Å². The molecule has 1 heterocycles. The number of thiocarbonyl (C=S) groups is 1. The van der Waals surface area contributed by atoms with E-state index in [2.05, 4.69) is 5.32 Å². The summed E-state index contributed by atoms with van der Waals surface area (Å²) < 4.78 is 21.4. The van der Waals surface area contributed by atoms with Crippen molar-refractivity contribution < 1.29 is 28.5 Å². The molecule has 162 valence electrons. The molecule has 0 aliphatic carbocycles. The number of nitrogens with one attached hydrogen (secondary N) is 1. The Morgan fingerprint density at radius 2 is 1.61 bits per heavy atom. The number of rotatable bonds is 7. The van der Waals surface area contributed by atoms with Gasteiger partial charge in [-0.3, -0.25) is 19.8 Å². The number of hydrogen-bond acceptors (Lipinski definition) is 7. The molecule has 3 rings (SSSR count). The maximum Gasteiger partial charge on any atom is 0.270 e. The molecule has 0 radical (unpaired) electrons. The molecular formula is C22H22N2O6S. The molecule has 8 nitrogen and oxygen atoms in total. The third-order valence-electron chi connectivity index (χ3n) is 4.51. The van der Waals surface area contributed by atoms with Gasteiger partial charge in [-0.05, 0) is 67.2 Å². The van der Waals surface area contributed by atoms with Gasteiger partial charge in [0.1, 0.15) is 11.3 Å². The number of amides is 2. The average Bonchev–Trinajstić information content (AvgIpc) is 2.77. The smallest absolute Gasteiger partial charge is 0.270 e. The normalized spacial score (nSPS) is 15.0. The van der Waals surface area contributed by atoms with E-state index in [0.717, 1.165) is 0 Å². The van der Waals surface area contributed by atoms with E-state index in [1.54, 1.807) is 36.4 Å². The summed E-state index contributed by atoms with van der Waals surface area (Å²) in [7, 11) is 4.46. The third kappa shape index (κ3) is 4.46. The van der Waals surface area contributed by atoms with Crippen LogP contribution in [0.25, 0.3) is 6.08 Å². The lowest BCUT2D eigenvalue weighted by atomic mass is 10.1. The zero-order chi connectivity index (χ0) is 22.5. The fraction of sp³-hybridized carbons (Fsp3) is 0.227. The minimum Gasteiger partial charge on any atom is -0.494 e. The molecule has 1 aliphatic heterocycles. The molecule has 0 unspecified atom stereocenters. The molecule has 31 heavy (non-hydrogen) atoms. The molecule has 1 N–H and O–H groups in total. The van der Waals surface area contributed by atoms with Gasteiger partial charge in [0, 0.05) is 0 Å². The molecule has 1 aliphatic rings. The van der Waals surface area contributed by atoms with Crippen molar-refractivity contribution in [3.63, 3.8) is 0 Å². The number of nitrogens with zero attached hydrogens (tertiary/aromatic N) is 1. The lowest BCUT2D eigenvalue weighted by Gasteiger charge is -2.29. The van der Waals surface area contributed by atoms with E-state index in [1.165, 1.54) is 32.3 Å². The standard InChI is InChI=1S/C22H22N2O6S/c1-5-30-15-8-6-14(7-9-15)24-21(26)16(20(25)23-22(24)31)10-13-11-17(27-2)19(29-4)18(12-13)28-3/h6-12H,5H2,1-4H3,(H,23,25,31)/b16-10+. The Kier molecular flexibility index (Phi) is 6.76. The highest BCUT2D eigenvalue weighted by atomic mass is 32.1. The Balaban J connectivity index is 2.01. The van der Waals surface area contributed by atoms with Crippen LogP contribution in [0, 0.1) is 0 Å². The first kappa shape index (κ1) is 22.1. The molecule has 0 aromatic heterocycles. The van der Waals surface area contributed by atoms with Crippen molar-refractivity contribution in [2.75, 3.05) is 32.8 Å². The first-order valence-corrected chi connectivity index (χ1v) is 9.78. The number of methoxy groups -OCH3 is 3. The maximum absolute atomic E-state index is 13.2. The number of carbonyl (C=O) groups is 2. The second-order valence-corrected chi connectivity index (χ2v) is 6.73. The minimum absolute atomic E-state index is 0.00111. The number of ether oxygens (including phenoxy) is 4.